The van der Waals surface area contributed by atoms with Crippen molar-refractivity contribution in [3.05, 3.63) is 6.92 Å². The van der Waals surface area contributed by atoms with E-state index in [4.69, 9.17) is 0 Å². The molecule has 0 aromatic carbocycles. The van der Waals surface area contributed by atoms with Crippen LogP contribution in [0.4, 0.5) is 0 Å². The Kier molecular flexibility index (Phi) is 7.06. The van der Waals surface area contributed by atoms with E-state index in [1.807, 2.05) is 0 Å². The minimum absolute atomic E-state index is 0.735. The van der Waals surface area contributed by atoms with Crippen molar-refractivity contribution in [2.75, 3.05) is 32.7 Å². The molecule has 2 heteroatoms. The molecule has 1 fully saturated rings. The Balaban J connectivity index is 2.24. The second kappa shape index (κ2) is 8.08. The summed E-state index contributed by atoms with van der Waals surface area (Å²) in [5.41, 5.74) is 0. The molecule has 1 radical (unpaired) electrons. The minimum atomic E-state index is 0.735. The topological polar surface area (TPSA) is 6.48 Å². The van der Waals surface area contributed by atoms with E-state index >= 15 is 0 Å². The normalized spacial score (nSPS) is 21.2. The largest absolute Gasteiger partial charge is 0.301 e. The molecular formula is C14H29N2. The van der Waals surface area contributed by atoms with E-state index in [1.54, 1.807) is 0 Å². The van der Waals surface area contributed by atoms with Gasteiger partial charge in [0.2, 0.25) is 0 Å². The maximum absolute atomic E-state index is 4.09. The van der Waals surface area contributed by atoms with Crippen LogP contribution in [0.15, 0.2) is 0 Å². The summed E-state index contributed by atoms with van der Waals surface area (Å²) in [6, 6.07) is 0.735. The third-order valence-electron chi connectivity index (χ3n) is 3.71. The predicted octanol–water partition coefficient (Wildman–Crippen LogP) is 2.80. The van der Waals surface area contributed by atoms with Gasteiger partial charge in [-0.2, -0.15) is 0 Å². The molecule has 0 aliphatic carbocycles. The Labute approximate surface area is 102 Å². The van der Waals surface area contributed by atoms with Crippen LogP contribution in [0.2, 0.25) is 0 Å². The molecule has 0 aromatic heterocycles. The number of unbranched alkanes of at least 4 members (excludes halogenated alkanes) is 1. The molecule has 0 bridgehead atoms. The van der Waals surface area contributed by atoms with Crippen LogP contribution >= 0.6 is 0 Å². The zero-order valence-electron chi connectivity index (χ0n) is 11.2. The average Bonchev–Trinajstić information content (AvgIpc) is 2.34. The summed E-state index contributed by atoms with van der Waals surface area (Å²) in [4.78, 5) is 5.27. The molecule has 0 amide bonds. The lowest BCUT2D eigenvalue weighted by atomic mass is 10.1. The van der Waals surface area contributed by atoms with Crippen LogP contribution in [0, 0.1) is 6.92 Å². The van der Waals surface area contributed by atoms with Crippen molar-refractivity contribution >= 4 is 0 Å². The monoisotopic (exact) mass is 225 g/mol. The molecule has 1 rings (SSSR count). The Morgan fingerprint density at radius 3 is 2.25 bits per heavy atom. The Morgan fingerprint density at radius 1 is 1.06 bits per heavy atom. The zero-order chi connectivity index (χ0) is 11.8. The lowest BCUT2D eigenvalue weighted by Crippen LogP contribution is -2.50. The molecule has 1 saturated heterocycles. The highest BCUT2D eigenvalue weighted by molar-refractivity contribution is 4.78. The maximum atomic E-state index is 4.09. The molecule has 1 aliphatic rings. The molecule has 95 valence electrons. The highest BCUT2D eigenvalue weighted by Gasteiger charge is 2.21. The quantitative estimate of drug-likeness (QED) is 0.657. The van der Waals surface area contributed by atoms with E-state index in [9.17, 15) is 0 Å². The van der Waals surface area contributed by atoms with Gasteiger partial charge < -0.3 is 4.90 Å². The average molecular weight is 225 g/mol. The van der Waals surface area contributed by atoms with Crippen molar-refractivity contribution in [3.8, 4) is 0 Å². The number of hydrogen-bond donors (Lipinski definition) is 0. The number of rotatable bonds is 7. The molecule has 0 spiro atoms. The second-order valence-corrected chi connectivity index (χ2v) is 4.96. The summed E-state index contributed by atoms with van der Waals surface area (Å²) in [5.74, 6) is 0. The van der Waals surface area contributed by atoms with Gasteiger partial charge in [0.1, 0.15) is 0 Å². The van der Waals surface area contributed by atoms with Gasteiger partial charge in [0.15, 0.2) is 0 Å². The van der Waals surface area contributed by atoms with E-state index < -0.39 is 0 Å². The molecule has 1 atom stereocenters. The standard InChI is InChI=1S/C14H29N2/c1-4-7-9-15-10-12-16(13-11-15)14(6-3)8-5-2/h14H,3-13H2,1-2H3. The van der Waals surface area contributed by atoms with Crippen LogP contribution in [0.3, 0.4) is 0 Å². The number of hydrogen-bond acceptors (Lipinski definition) is 2. The first-order valence-electron chi connectivity index (χ1n) is 7.07. The lowest BCUT2D eigenvalue weighted by molar-refractivity contribution is 0.0914. The Morgan fingerprint density at radius 2 is 1.75 bits per heavy atom. The first kappa shape index (κ1) is 14.0. The van der Waals surface area contributed by atoms with Gasteiger partial charge in [-0.05, 0) is 25.8 Å². The zero-order valence-corrected chi connectivity index (χ0v) is 11.2. The second-order valence-electron chi connectivity index (χ2n) is 4.96. The maximum Gasteiger partial charge on any atom is 0.0113 e. The summed E-state index contributed by atoms with van der Waals surface area (Å²) in [6.45, 7) is 15.0. The van der Waals surface area contributed by atoms with Crippen LogP contribution in [-0.4, -0.2) is 48.6 Å². The van der Waals surface area contributed by atoms with Crippen molar-refractivity contribution in [1.29, 1.82) is 0 Å². The van der Waals surface area contributed by atoms with Gasteiger partial charge in [-0.15, -0.1) is 0 Å². The summed E-state index contributed by atoms with van der Waals surface area (Å²) in [5, 5.41) is 0. The van der Waals surface area contributed by atoms with Gasteiger partial charge in [0.05, 0.1) is 0 Å². The van der Waals surface area contributed by atoms with Crippen molar-refractivity contribution in [2.45, 2.75) is 52.0 Å². The van der Waals surface area contributed by atoms with Crippen LogP contribution in [0.25, 0.3) is 0 Å². The van der Waals surface area contributed by atoms with Gasteiger partial charge in [0.25, 0.3) is 0 Å². The molecule has 1 unspecified atom stereocenters. The molecule has 1 aliphatic heterocycles. The molecule has 16 heavy (non-hydrogen) atoms. The van der Waals surface area contributed by atoms with E-state index in [2.05, 4.69) is 30.6 Å². The summed E-state index contributed by atoms with van der Waals surface area (Å²) >= 11 is 0. The van der Waals surface area contributed by atoms with Crippen molar-refractivity contribution in [1.82, 2.24) is 9.80 Å². The third kappa shape index (κ3) is 4.42. The minimum Gasteiger partial charge on any atom is -0.301 e. The molecule has 0 aromatic rings. The highest BCUT2D eigenvalue weighted by Crippen LogP contribution is 2.14. The fraction of sp³-hybridized carbons (Fsp3) is 0.929. The Bertz CT molecular complexity index is 162. The van der Waals surface area contributed by atoms with Gasteiger partial charge in [0, 0.05) is 32.2 Å². The summed E-state index contributed by atoms with van der Waals surface area (Å²) in [6.07, 6.45) is 6.35. The van der Waals surface area contributed by atoms with E-state index in [-0.39, 0.29) is 0 Å². The predicted molar refractivity (Wildman–Crippen MR) is 71.6 cm³/mol. The third-order valence-corrected chi connectivity index (χ3v) is 3.71. The van der Waals surface area contributed by atoms with Crippen LogP contribution in [0.5, 0.6) is 0 Å². The van der Waals surface area contributed by atoms with Crippen LogP contribution < -0.4 is 0 Å². The first-order valence-corrected chi connectivity index (χ1v) is 7.07. The fourth-order valence-corrected chi connectivity index (χ4v) is 2.58. The van der Waals surface area contributed by atoms with Crippen molar-refractivity contribution < 1.29 is 0 Å². The van der Waals surface area contributed by atoms with Crippen molar-refractivity contribution in [2.24, 2.45) is 0 Å². The summed E-state index contributed by atoms with van der Waals surface area (Å²) < 4.78 is 0. The summed E-state index contributed by atoms with van der Waals surface area (Å²) in [7, 11) is 0. The van der Waals surface area contributed by atoms with Gasteiger partial charge in [-0.1, -0.05) is 33.6 Å². The van der Waals surface area contributed by atoms with E-state index in [0.717, 1.165) is 12.5 Å². The van der Waals surface area contributed by atoms with Crippen molar-refractivity contribution in [3.63, 3.8) is 0 Å². The van der Waals surface area contributed by atoms with Gasteiger partial charge in [-0.25, -0.2) is 0 Å². The SMILES string of the molecule is [CH2]CC(CCC)N1CCN(CCCC)CC1. The molecular weight excluding hydrogens is 196 g/mol. The highest BCUT2D eigenvalue weighted by atomic mass is 15.3. The molecule has 0 saturated carbocycles. The first-order chi connectivity index (χ1) is 7.81. The van der Waals surface area contributed by atoms with Crippen LogP contribution in [-0.2, 0) is 0 Å². The molecule has 1 heterocycles. The number of piperazine rings is 1. The van der Waals surface area contributed by atoms with Gasteiger partial charge in [-0.3, -0.25) is 4.90 Å². The van der Waals surface area contributed by atoms with Gasteiger partial charge >= 0.3 is 0 Å². The Hall–Kier alpha value is -0.0800. The molecule has 2 nitrogen and oxygen atoms in total. The van der Waals surface area contributed by atoms with Crippen LogP contribution in [0.1, 0.15) is 46.0 Å². The van der Waals surface area contributed by atoms with E-state index in [1.165, 1.54) is 58.4 Å². The smallest absolute Gasteiger partial charge is 0.0113 e. The fourth-order valence-electron chi connectivity index (χ4n) is 2.58. The number of nitrogens with zero attached hydrogens (tertiary/aromatic N) is 2. The van der Waals surface area contributed by atoms with E-state index in [0.29, 0.717) is 0 Å². The lowest BCUT2D eigenvalue weighted by Gasteiger charge is -2.39. The molecule has 0 N–H and O–H groups in total.